The molecule has 0 amide bonds. The van der Waals surface area contributed by atoms with Gasteiger partial charge in [-0.15, -0.1) is 0 Å². The number of nitrogens with zero attached hydrogens (tertiary/aromatic N) is 1. The summed E-state index contributed by atoms with van der Waals surface area (Å²) in [5.74, 6) is 0.452. The highest BCUT2D eigenvalue weighted by Crippen LogP contribution is 2.50. The molecule has 0 saturated carbocycles. The zero-order valence-electron chi connectivity index (χ0n) is 17.4. The summed E-state index contributed by atoms with van der Waals surface area (Å²) in [4.78, 5) is 0. The first-order valence-electron chi connectivity index (χ1n) is 9.74. The molecule has 1 aliphatic carbocycles. The average molecular weight is 332 g/mol. The fourth-order valence-electron chi connectivity index (χ4n) is 4.67. The van der Waals surface area contributed by atoms with Crippen molar-refractivity contribution in [3.63, 3.8) is 0 Å². The third-order valence-electron chi connectivity index (χ3n) is 6.06. The van der Waals surface area contributed by atoms with Crippen LogP contribution in [0.2, 0.25) is 0 Å². The maximum Gasteiger partial charge on any atom is 0.221 e. The van der Waals surface area contributed by atoms with Crippen LogP contribution in [0, 0.1) is 13.8 Å². The highest BCUT2D eigenvalue weighted by atomic mass is 14.9. The molecule has 0 unspecified atom stereocenters. The second-order valence-corrected chi connectivity index (χ2v) is 8.35. The van der Waals surface area contributed by atoms with Crippen LogP contribution in [-0.2, 0) is 12.5 Å². The van der Waals surface area contributed by atoms with Gasteiger partial charge in [-0.1, -0.05) is 58.0 Å². The molecular weight excluding hydrogens is 302 g/mol. The molecule has 1 aliphatic rings. The second kappa shape index (κ2) is 5.17. The molecule has 0 spiro atoms. The Labute approximate surface area is 152 Å². The van der Waals surface area contributed by atoms with Gasteiger partial charge in [0.15, 0.2) is 5.69 Å². The van der Waals surface area contributed by atoms with E-state index >= 15 is 0 Å². The zero-order valence-corrected chi connectivity index (χ0v) is 16.4. The standard InChI is InChI=1S/C24H28N/c1-14(2)18-12-11-17-13-16(4)25(7)23-20-15(3)9-8-10-19(20)24(5,6)22(18)21(17)23/h8-14H,1-7H3/q+1/i13D. The third-order valence-corrected chi connectivity index (χ3v) is 6.06. The molecule has 0 fully saturated rings. The van der Waals surface area contributed by atoms with E-state index in [1.807, 2.05) is 0 Å². The van der Waals surface area contributed by atoms with Gasteiger partial charge in [0, 0.05) is 18.4 Å². The van der Waals surface area contributed by atoms with E-state index in [0.29, 0.717) is 12.0 Å². The van der Waals surface area contributed by atoms with Crippen LogP contribution in [0.15, 0.2) is 36.4 Å². The van der Waals surface area contributed by atoms with E-state index in [2.05, 4.69) is 83.5 Å². The predicted molar refractivity (Wildman–Crippen MR) is 106 cm³/mol. The van der Waals surface area contributed by atoms with Gasteiger partial charge in [-0.05, 0) is 40.5 Å². The Hall–Kier alpha value is -2.15. The van der Waals surface area contributed by atoms with Gasteiger partial charge >= 0.3 is 0 Å². The van der Waals surface area contributed by atoms with Crippen molar-refractivity contribution in [2.75, 3.05) is 0 Å². The topological polar surface area (TPSA) is 3.88 Å². The van der Waals surface area contributed by atoms with Crippen LogP contribution < -0.4 is 4.57 Å². The molecule has 2 aromatic carbocycles. The van der Waals surface area contributed by atoms with Gasteiger partial charge in [0.25, 0.3) is 0 Å². The van der Waals surface area contributed by atoms with Crippen molar-refractivity contribution in [3.8, 4) is 11.3 Å². The number of rotatable bonds is 1. The van der Waals surface area contributed by atoms with Crippen LogP contribution >= 0.6 is 0 Å². The first-order chi connectivity index (χ1) is 12.2. The molecular formula is C24H28N+. The molecule has 0 N–H and O–H groups in total. The Kier molecular flexibility index (Phi) is 3.13. The molecule has 0 saturated heterocycles. The molecule has 1 nitrogen and oxygen atoms in total. The van der Waals surface area contributed by atoms with Crippen molar-refractivity contribution >= 4 is 10.8 Å². The number of aryl methyl sites for hydroxylation is 1. The van der Waals surface area contributed by atoms with Crippen LogP contribution in [0.25, 0.3) is 22.0 Å². The average Bonchev–Trinajstić information content (AvgIpc) is 2.59. The largest absolute Gasteiger partial charge is 0.221 e. The molecule has 4 rings (SSSR count). The van der Waals surface area contributed by atoms with E-state index in [9.17, 15) is 0 Å². The lowest BCUT2D eigenvalue weighted by molar-refractivity contribution is -0.665. The van der Waals surface area contributed by atoms with Crippen LogP contribution in [0.3, 0.4) is 0 Å². The van der Waals surface area contributed by atoms with E-state index in [4.69, 9.17) is 1.37 Å². The summed E-state index contributed by atoms with van der Waals surface area (Å²) in [5.41, 5.74) is 9.07. The Balaban J connectivity index is 2.38. The summed E-state index contributed by atoms with van der Waals surface area (Å²) in [6.45, 7) is 13.5. The fourth-order valence-corrected chi connectivity index (χ4v) is 4.67. The molecule has 0 atom stereocenters. The van der Waals surface area contributed by atoms with Crippen molar-refractivity contribution in [3.05, 3.63) is 64.3 Å². The molecule has 0 bridgehead atoms. The summed E-state index contributed by atoms with van der Waals surface area (Å²) >= 11 is 0. The Morgan fingerprint density at radius 2 is 1.80 bits per heavy atom. The van der Waals surface area contributed by atoms with Crippen molar-refractivity contribution in [2.45, 2.75) is 52.9 Å². The first-order valence-corrected chi connectivity index (χ1v) is 9.24. The van der Waals surface area contributed by atoms with Crippen molar-refractivity contribution in [1.82, 2.24) is 0 Å². The number of fused-ring (bicyclic) bond motifs is 2. The van der Waals surface area contributed by atoms with Gasteiger partial charge in [-0.25, -0.2) is 0 Å². The quantitative estimate of drug-likeness (QED) is 0.503. The molecule has 0 aliphatic heterocycles. The molecule has 25 heavy (non-hydrogen) atoms. The number of hydrogen-bond donors (Lipinski definition) is 0. The van der Waals surface area contributed by atoms with Gasteiger partial charge in [-0.3, -0.25) is 0 Å². The van der Waals surface area contributed by atoms with Crippen molar-refractivity contribution in [1.29, 1.82) is 0 Å². The van der Waals surface area contributed by atoms with E-state index in [-0.39, 0.29) is 5.41 Å². The van der Waals surface area contributed by atoms with Crippen LogP contribution in [0.1, 0.15) is 62.9 Å². The van der Waals surface area contributed by atoms with Crippen molar-refractivity contribution < 1.29 is 5.94 Å². The van der Waals surface area contributed by atoms with Gasteiger partial charge in [0.1, 0.15) is 7.05 Å². The number of aromatic nitrogens is 1. The second-order valence-electron chi connectivity index (χ2n) is 8.35. The number of pyridine rings is 1. The lowest BCUT2D eigenvalue weighted by Crippen LogP contribution is -2.39. The van der Waals surface area contributed by atoms with E-state index in [1.54, 1.807) is 0 Å². The highest BCUT2D eigenvalue weighted by molar-refractivity contribution is 6.01. The summed E-state index contributed by atoms with van der Waals surface area (Å²) in [7, 11) is 2.11. The number of hydrogen-bond acceptors (Lipinski definition) is 0. The maximum atomic E-state index is 8.75. The Bertz CT molecular complexity index is 1070. The van der Waals surface area contributed by atoms with E-state index < -0.39 is 0 Å². The molecule has 1 aromatic heterocycles. The van der Waals surface area contributed by atoms with Crippen LogP contribution in [-0.4, -0.2) is 0 Å². The van der Waals surface area contributed by atoms with E-state index in [1.165, 1.54) is 38.9 Å². The molecule has 0 radical (unpaired) electrons. The monoisotopic (exact) mass is 331 g/mol. The zero-order chi connectivity index (χ0) is 19.0. The van der Waals surface area contributed by atoms with Gasteiger partial charge in [0.2, 0.25) is 5.69 Å². The number of benzene rings is 2. The van der Waals surface area contributed by atoms with Crippen LogP contribution in [0.5, 0.6) is 0 Å². The summed E-state index contributed by atoms with van der Waals surface area (Å²) in [6, 6.07) is 11.8. The lowest BCUT2D eigenvalue weighted by atomic mass is 9.66. The third kappa shape index (κ3) is 2.05. The normalized spacial score (nSPS) is 15.4. The molecule has 1 heteroatoms. The smallest absolute Gasteiger partial charge is 0.198 e. The van der Waals surface area contributed by atoms with Crippen molar-refractivity contribution in [2.24, 2.45) is 7.05 Å². The van der Waals surface area contributed by atoms with Gasteiger partial charge in [-0.2, -0.15) is 4.57 Å². The molecule has 128 valence electrons. The lowest BCUT2D eigenvalue weighted by Gasteiger charge is -2.36. The Morgan fingerprint density at radius 3 is 2.48 bits per heavy atom. The van der Waals surface area contributed by atoms with Gasteiger partial charge in [0.05, 0.1) is 12.3 Å². The highest BCUT2D eigenvalue weighted by Gasteiger charge is 2.40. The summed E-state index contributed by atoms with van der Waals surface area (Å²) in [6.07, 6.45) is 0. The minimum atomic E-state index is -0.0812. The molecule has 1 heterocycles. The first kappa shape index (κ1) is 15.1. The van der Waals surface area contributed by atoms with Crippen LogP contribution in [0.4, 0.5) is 0 Å². The molecule has 3 aromatic rings. The Morgan fingerprint density at radius 1 is 1.08 bits per heavy atom. The maximum absolute atomic E-state index is 8.75. The SMILES string of the molecule is [2H]c1c(C)[n+](C)c2c3c(c(C(C)C)ccc13)C(C)(C)c1cccc(C)c1-2. The predicted octanol–water partition coefficient (Wildman–Crippen LogP) is 5.71. The van der Waals surface area contributed by atoms with E-state index in [0.717, 1.165) is 11.1 Å². The summed E-state index contributed by atoms with van der Waals surface area (Å²) < 4.78 is 11.0. The fraction of sp³-hybridized carbons (Fsp3) is 0.375. The van der Waals surface area contributed by atoms with Gasteiger partial charge < -0.3 is 0 Å². The minimum Gasteiger partial charge on any atom is -0.198 e. The minimum absolute atomic E-state index is 0.0812. The summed E-state index contributed by atoms with van der Waals surface area (Å²) in [5, 5.41) is 2.36.